The average Bonchev–Trinajstić information content (AvgIpc) is 2.41. The largest absolute Gasteiger partial charge is 0.378 e. The number of hydrogen-bond donors (Lipinski definition) is 1. The molecule has 0 saturated heterocycles. The monoisotopic (exact) mass is 292 g/mol. The van der Waals surface area contributed by atoms with Crippen molar-refractivity contribution in [2.24, 2.45) is 0 Å². The molecule has 2 aromatic carbocycles. The molecule has 0 aromatic heterocycles. The predicted molar refractivity (Wildman–Crippen MR) is 76.2 cm³/mol. The summed E-state index contributed by atoms with van der Waals surface area (Å²) in [7, 11) is 0. The van der Waals surface area contributed by atoms with Crippen molar-refractivity contribution in [3.8, 4) is 0 Å². The number of nitro groups is 1. The molecule has 0 radical (unpaired) electrons. The highest BCUT2D eigenvalue weighted by Crippen LogP contribution is 2.25. The second-order valence-electron chi connectivity index (χ2n) is 4.80. The first-order chi connectivity index (χ1) is 9.88. The minimum Gasteiger partial charge on any atom is -0.378 e. The van der Waals surface area contributed by atoms with Gasteiger partial charge < -0.3 is 5.32 Å². The van der Waals surface area contributed by atoms with E-state index in [1.165, 1.54) is 12.1 Å². The number of anilines is 1. The van der Waals surface area contributed by atoms with Gasteiger partial charge in [-0.05, 0) is 37.1 Å². The van der Waals surface area contributed by atoms with Crippen LogP contribution in [0.2, 0.25) is 0 Å². The number of nitro benzene ring substituents is 1. The zero-order chi connectivity index (χ0) is 15.6. The molecule has 1 N–H and O–H groups in total. The van der Waals surface area contributed by atoms with Gasteiger partial charge in [-0.15, -0.1) is 0 Å². The van der Waals surface area contributed by atoms with E-state index >= 15 is 0 Å². The number of nitrogens with zero attached hydrogens (tertiary/aromatic N) is 1. The Hall–Kier alpha value is -2.50. The second-order valence-corrected chi connectivity index (χ2v) is 4.80. The SMILES string of the molecule is Cc1ccc(C(C)Nc2ccc([N+](=O)[O-])c(F)c2)cc1F. The summed E-state index contributed by atoms with van der Waals surface area (Å²) in [5.41, 5.74) is 1.07. The number of aryl methyl sites for hydroxylation is 1. The highest BCUT2D eigenvalue weighted by atomic mass is 19.1. The van der Waals surface area contributed by atoms with Crippen LogP contribution >= 0.6 is 0 Å². The van der Waals surface area contributed by atoms with E-state index in [9.17, 15) is 18.9 Å². The van der Waals surface area contributed by atoms with E-state index < -0.39 is 16.4 Å². The van der Waals surface area contributed by atoms with Crippen LogP contribution in [0.5, 0.6) is 0 Å². The topological polar surface area (TPSA) is 55.2 Å². The molecule has 0 aliphatic rings. The van der Waals surface area contributed by atoms with Crippen LogP contribution in [0.15, 0.2) is 36.4 Å². The van der Waals surface area contributed by atoms with Crippen molar-refractivity contribution in [3.05, 3.63) is 69.3 Å². The van der Waals surface area contributed by atoms with Crippen LogP contribution in [0.3, 0.4) is 0 Å². The fourth-order valence-electron chi connectivity index (χ4n) is 1.96. The van der Waals surface area contributed by atoms with Gasteiger partial charge in [0.15, 0.2) is 0 Å². The fraction of sp³-hybridized carbons (Fsp3) is 0.200. The van der Waals surface area contributed by atoms with Crippen LogP contribution in [0, 0.1) is 28.7 Å². The molecule has 2 aromatic rings. The molecule has 110 valence electrons. The smallest absolute Gasteiger partial charge is 0.304 e. The quantitative estimate of drug-likeness (QED) is 0.673. The Kier molecular flexibility index (Phi) is 4.16. The van der Waals surface area contributed by atoms with Crippen molar-refractivity contribution in [1.82, 2.24) is 0 Å². The van der Waals surface area contributed by atoms with Gasteiger partial charge in [0, 0.05) is 23.9 Å². The molecular formula is C15H14F2N2O2. The molecule has 0 aliphatic heterocycles. The Balaban J connectivity index is 2.19. The van der Waals surface area contributed by atoms with Crippen LogP contribution in [-0.2, 0) is 0 Å². The molecule has 21 heavy (non-hydrogen) atoms. The van der Waals surface area contributed by atoms with E-state index in [2.05, 4.69) is 5.32 Å². The van der Waals surface area contributed by atoms with Gasteiger partial charge in [0.1, 0.15) is 5.82 Å². The standard InChI is InChI=1S/C15H14F2N2O2/c1-9-3-4-11(7-13(9)16)10(2)18-12-5-6-15(19(20)21)14(17)8-12/h3-8,10,18H,1-2H3. The summed E-state index contributed by atoms with van der Waals surface area (Å²) in [5, 5.41) is 13.5. The Morgan fingerprint density at radius 3 is 2.43 bits per heavy atom. The Labute approximate surface area is 120 Å². The van der Waals surface area contributed by atoms with Crippen molar-refractivity contribution in [1.29, 1.82) is 0 Å². The lowest BCUT2D eigenvalue weighted by Crippen LogP contribution is -2.07. The van der Waals surface area contributed by atoms with E-state index in [0.29, 0.717) is 16.8 Å². The summed E-state index contributed by atoms with van der Waals surface area (Å²) in [6, 6.07) is 8.16. The minimum atomic E-state index is -0.910. The summed E-state index contributed by atoms with van der Waals surface area (Å²) in [6.07, 6.45) is 0. The van der Waals surface area contributed by atoms with Gasteiger partial charge in [0.2, 0.25) is 5.82 Å². The third kappa shape index (κ3) is 3.34. The van der Waals surface area contributed by atoms with E-state index in [0.717, 1.165) is 12.1 Å². The molecule has 2 rings (SSSR count). The number of halogens is 2. The van der Waals surface area contributed by atoms with Crippen LogP contribution in [0.25, 0.3) is 0 Å². The van der Waals surface area contributed by atoms with E-state index in [4.69, 9.17) is 0 Å². The first-order valence-corrected chi connectivity index (χ1v) is 6.35. The predicted octanol–water partition coefficient (Wildman–Crippen LogP) is 4.35. The molecule has 0 bridgehead atoms. The molecule has 0 spiro atoms. The molecule has 6 heteroatoms. The van der Waals surface area contributed by atoms with Crippen molar-refractivity contribution in [2.45, 2.75) is 19.9 Å². The summed E-state index contributed by atoms with van der Waals surface area (Å²) >= 11 is 0. The zero-order valence-corrected chi connectivity index (χ0v) is 11.6. The number of benzene rings is 2. The number of rotatable bonds is 4. The average molecular weight is 292 g/mol. The highest BCUT2D eigenvalue weighted by molar-refractivity contribution is 5.51. The van der Waals surface area contributed by atoms with E-state index in [1.807, 2.05) is 0 Å². The maximum Gasteiger partial charge on any atom is 0.304 e. The molecule has 0 saturated carbocycles. The normalized spacial score (nSPS) is 12.0. The van der Waals surface area contributed by atoms with Crippen molar-refractivity contribution >= 4 is 11.4 Å². The molecule has 0 heterocycles. The Morgan fingerprint density at radius 2 is 1.86 bits per heavy atom. The summed E-state index contributed by atoms with van der Waals surface area (Å²) in [5.74, 6) is -1.22. The van der Waals surface area contributed by atoms with Crippen LogP contribution in [-0.4, -0.2) is 4.92 Å². The van der Waals surface area contributed by atoms with Crippen molar-refractivity contribution < 1.29 is 13.7 Å². The lowest BCUT2D eigenvalue weighted by molar-refractivity contribution is -0.387. The first-order valence-electron chi connectivity index (χ1n) is 6.35. The van der Waals surface area contributed by atoms with Crippen LogP contribution in [0.1, 0.15) is 24.1 Å². The molecule has 4 nitrogen and oxygen atoms in total. The first kappa shape index (κ1) is 14.9. The van der Waals surface area contributed by atoms with Gasteiger partial charge in [-0.25, -0.2) is 4.39 Å². The maximum atomic E-state index is 13.5. The third-order valence-corrected chi connectivity index (χ3v) is 3.22. The van der Waals surface area contributed by atoms with E-state index in [-0.39, 0.29) is 11.9 Å². The number of nitrogens with one attached hydrogen (secondary N) is 1. The summed E-state index contributed by atoms with van der Waals surface area (Å²) in [6.45, 7) is 3.46. The minimum absolute atomic E-state index is 0.263. The number of hydrogen-bond acceptors (Lipinski definition) is 3. The maximum absolute atomic E-state index is 13.5. The molecule has 1 atom stereocenters. The molecular weight excluding hydrogens is 278 g/mol. The second kappa shape index (κ2) is 5.87. The van der Waals surface area contributed by atoms with Gasteiger partial charge >= 0.3 is 5.69 Å². The Bertz CT molecular complexity index is 689. The molecule has 0 amide bonds. The van der Waals surface area contributed by atoms with Gasteiger partial charge in [0.05, 0.1) is 4.92 Å². The van der Waals surface area contributed by atoms with Gasteiger partial charge in [-0.1, -0.05) is 12.1 Å². The zero-order valence-electron chi connectivity index (χ0n) is 11.6. The lowest BCUT2D eigenvalue weighted by Gasteiger charge is -2.16. The molecule has 0 aliphatic carbocycles. The molecule has 1 unspecified atom stereocenters. The summed E-state index contributed by atoms with van der Waals surface area (Å²) in [4.78, 5) is 9.77. The Morgan fingerprint density at radius 1 is 1.14 bits per heavy atom. The lowest BCUT2D eigenvalue weighted by atomic mass is 10.1. The highest BCUT2D eigenvalue weighted by Gasteiger charge is 2.15. The van der Waals surface area contributed by atoms with Crippen LogP contribution < -0.4 is 5.32 Å². The van der Waals surface area contributed by atoms with Crippen LogP contribution in [0.4, 0.5) is 20.2 Å². The summed E-state index contributed by atoms with van der Waals surface area (Å²) < 4.78 is 27.1. The fourth-order valence-corrected chi connectivity index (χ4v) is 1.96. The van der Waals surface area contributed by atoms with Crippen molar-refractivity contribution in [3.63, 3.8) is 0 Å². The van der Waals surface area contributed by atoms with Gasteiger partial charge in [0.25, 0.3) is 0 Å². The van der Waals surface area contributed by atoms with Gasteiger partial charge in [-0.2, -0.15) is 4.39 Å². The van der Waals surface area contributed by atoms with Gasteiger partial charge in [-0.3, -0.25) is 10.1 Å². The van der Waals surface area contributed by atoms with Crippen molar-refractivity contribution in [2.75, 3.05) is 5.32 Å². The molecule has 0 fully saturated rings. The van der Waals surface area contributed by atoms with E-state index in [1.54, 1.807) is 26.0 Å². The third-order valence-electron chi connectivity index (χ3n) is 3.22.